The van der Waals surface area contributed by atoms with Gasteiger partial charge in [0.15, 0.2) is 6.61 Å². The van der Waals surface area contributed by atoms with E-state index in [-0.39, 0.29) is 23.7 Å². The van der Waals surface area contributed by atoms with Crippen molar-refractivity contribution in [2.75, 3.05) is 20.3 Å². The highest BCUT2D eigenvalue weighted by Crippen LogP contribution is 2.24. The molecule has 24 heavy (non-hydrogen) atoms. The number of phenolic OH excluding ortho intramolecular Hbond substituents is 1. The van der Waals surface area contributed by atoms with Gasteiger partial charge in [-0.3, -0.25) is 4.79 Å². The number of aromatic hydroxyl groups is 1. The molecule has 0 bridgehead atoms. The summed E-state index contributed by atoms with van der Waals surface area (Å²) in [6, 6.07) is 10.7. The molecule has 0 heterocycles. The summed E-state index contributed by atoms with van der Waals surface area (Å²) in [5.74, 6) is -0.0579. The van der Waals surface area contributed by atoms with Crippen molar-refractivity contribution in [3.05, 3.63) is 53.6 Å². The summed E-state index contributed by atoms with van der Waals surface area (Å²) in [7, 11) is 1.47. The Hall–Kier alpha value is -3.02. The average Bonchev–Trinajstić information content (AvgIpc) is 2.60. The van der Waals surface area contributed by atoms with Gasteiger partial charge in [0.05, 0.1) is 24.8 Å². The third kappa shape index (κ3) is 4.25. The van der Waals surface area contributed by atoms with Gasteiger partial charge in [0.1, 0.15) is 17.2 Å². The number of hydrogen-bond acceptors (Lipinski definition) is 6. The Kier molecular flexibility index (Phi) is 5.78. The van der Waals surface area contributed by atoms with Crippen molar-refractivity contribution >= 4 is 11.8 Å². The summed E-state index contributed by atoms with van der Waals surface area (Å²) in [6.45, 7) is 1.80. The maximum Gasteiger partial charge on any atom is 0.338 e. The lowest BCUT2D eigenvalue weighted by molar-refractivity contribution is 0.0526. The average molecular weight is 330 g/mol. The molecule has 0 amide bonds. The lowest BCUT2D eigenvalue weighted by Gasteiger charge is -2.08. The lowest BCUT2D eigenvalue weighted by Crippen LogP contribution is -2.12. The fraction of sp³-hybridized carbons (Fsp3) is 0.222. The van der Waals surface area contributed by atoms with E-state index in [0.29, 0.717) is 23.7 Å². The van der Waals surface area contributed by atoms with Crippen LogP contribution in [0, 0.1) is 0 Å². The van der Waals surface area contributed by atoms with Crippen LogP contribution in [0.5, 0.6) is 17.2 Å². The van der Waals surface area contributed by atoms with Gasteiger partial charge in [-0.25, -0.2) is 4.79 Å². The van der Waals surface area contributed by atoms with Crippen LogP contribution in [-0.2, 0) is 4.74 Å². The van der Waals surface area contributed by atoms with Crippen LogP contribution in [0.15, 0.2) is 42.5 Å². The standard InChI is InChI=1S/C18H18O6/c1-3-23-18(21)12-4-6-13(7-5-12)24-11-17(20)15-9-8-14(22-2)10-16(15)19/h4-10,19H,3,11H2,1-2H3. The monoisotopic (exact) mass is 330 g/mol. The Morgan fingerprint density at radius 2 is 1.71 bits per heavy atom. The number of rotatable bonds is 7. The Morgan fingerprint density at radius 3 is 2.29 bits per heavy atom. The SMILES string of the molecule is CCOC(=O)c1ccc(OCC(=O)c2ccc(OC)cc2O)cc1. The van der Waals surface area contributed by atoms with Crippen LogP contribution in [0.1, 0.15) is 27.6 Å². The van der Waals surface area contributed by atoms with Gasteiger partial charge < -0.3 is 19.3 Å². The third-order valence-electron chi connectivity index (χ3n) is 3.24. The molecule has 0 atom stereocenters. The zero-order valence-electron chi connectivity index (χ0n) is 13.4. The minimum Gasteiger partial charge on any atom is -0.507 e. The van der Waals surface area contributed by atoms with Crippen molar-refractivity contribution < 1.29 is 28.9 Å². The highest BCUT2D eigenvalue weighted by Gasteiger charge is 2.13. The zero-order chi connectivity index (χ0) is 17.5. The molecule has 1 N–H and O–H groups in total. The minimum absolute atomic E-state index is 0.152. The molecule has 6 nitrogen and oxygen atoms in total. The summed E-state index contributed by atoms with van der Waals surface area (Å²) >= 11 is 0. The maximum absolute atomic E-state index is 12.1. The predicted molar refractivity (Wildman–Crippen MR) is 86.9 cm³/mol. The first-order valence-corrected chi connectivity index (χ1v) is 7.35. The van der Waals surface area contributed by atoms with E-state index < -0.39 is 5.97 Å². The number of ketones is 1. The molecule has 0 unspecified atom stereocenters. The number of benzene rings is 2. The van der Waals surface area contributed by atoms with Gasteiger partial charge >= 0.3 is 5.97 Å². The van der Waals surface area contributed by atoms with Gasteiger partial charge in [-0.2, -0.15) is 0 Å². The lowest BCUT2D eigenvalue weighted by atomic mass is 10.1. The molecule has 0 fully saturated rings. The molecule has 0 spiro atoms. The van der Waals surface area contributed by atoms with Crippen molar-refractivity contribution in [2.24, 2.45) is 0 Å². The molecule has 0 radical (unpaired) electrons. The molecular weight excluding hydrogens is 312 g/mol. The molecule has 0 aliphatic carbocycles. The van der Waals surface area contributed by atoms with Gasteiger partial charge in [0, 0.05) is 6.07 Å². The van der Waals surface area contributed by atoms with Crippen LogP contribution in [-0.4, -0.2) is 37.2 Å². The van der Waals surface area contributed by atoms with Crippen LogP contribution < -0.4 is 9.47 Å². The quantitative estimate of drug-likeness (QED) is 0.621. The summed E-state index contributed by atoms with van der Waals surface area (Å²) in [5.41, 5.74) is 0.558. The Bertz CT molecular complexity index is 721. The fourth-order valence-corrected chi connectivity index (χ4v) is 2.00. The normalized spacial score (nSPS) is 10.1. The van der Waals surface area contributed by atoms with E-state index in [9.17, 15) is 14.7 Å². The number of phenols is 1. The number of carbonyl (C=O) groups excluding carboxylic acids is 2. The van der Waals surface area contributed by atoms with E-state index in [2.05, 4.69) is 0 Å². The molecule has 126 valence electrons. The van der Waals surface area contributed by atoms with Crippen LogP contribution >= 0.6 is 0 Å². The Labute approximate surface area is 139 Å². The number of Topliss-reactive ketones (excluding diaryl/α,β-unsaturated/α-hetero) is 1. The van der Waals surface area contributed by atoms with Gasteiger partial charge in [-0.15, -0.1) is 0 Å². The van der Waals surface area contributed by atoms with E-state index in [4.69, 9.17) is 14.2 Å². The van der Waals surface area contributed by atoms with Crippen molar-refractivity contribution in [3.8, 4) is 17.2 Å². The fourth-order valence-electron chi connectivity index (χ4n) is 2.00. The first-order valence-electron chi connectivity index (χ1n) is 7.35. The maximum atomic E-state index is 12.1. The van der Waals surface area contributed by atoms with E-state index in [1.807, 2.05) is 0 Å². The van der Waals surface area contributed by atoms with E-state index in [1.165, 1.54) is 19.2 Å². The van der Waals surface area contributed by atoms with Gasteiger partial charge in [0.25, 0.3) is 0 Å². The van der Waals surface area contributed by atoms with Crippen molar-refractivity contribution in [2.45, 2.75) is 6.92 Å². The topological polar surface area (TPSA) is 82.1 Å². The number of methoxy groups -OCH3 is 1. The molecule has 6 heteroatoms. The molecule has 2 rings (SSSR count). The van der Waals surface area contributed by atoms with Crippen molar-refractivity contribution in [3.63, 3.8) is 0 Å². The van der Waals surface area contributed by atoms with E-state index in [1.54, 1.807) is 37.3 Å². The number of carbonyl (C=O) groups is 2. The molecule has 2 aromatic carbocycles. The van der Waals surface area contributed by atoms with Gasteiger partial charge in [-0.1, -0.05) is 0 Å². The number of esters is 1. The second kappa shape index (κ2) is 8.01. The largest absolute Gasteiger partial charge is 0.507 e. The van der Waals surface area contributed by atoms with Crippen LogP contribution in [0.3, 0.4) is 0 Å². The molecule has 0 saturated heterocycles. The summed E-state index contributed by atoms with van der Waals surface area (Å²) in [6.07, 6.45) is 0. The van der Waals surface area contributed by atoms with E-state index in [0.717, 1.165) is 0 Å². The highest BCUT2D eigenvalue weighted by atomic mass is 16.5. The highest BCUT2D eigenvalue weighted by molar-refractivity contribution is 5.99. The molecular formula is C18H18O6. The number of ether oxygens (including phenoxy) is 3. The Balaban J connectivity index is 1.98. The van der Waals surface area contributed by atoms with Crippen molar-refractivity contribution in [1.29, 1.82) is 0 Å². The molecule has 0 aliphatic rings. The first kappa shape index (κ1) is 17.3. The zero-order valence-corrected chi connectivity index (χ0v) is 13.4. The van der Waals surface area contributed by atoms with Crippen molar-refractivity contribution in [1.82, 2.24) is 0 Å². The summed E-state index contributed by atoms with van der Waals surface area (Å²) in [4.78, 5) is 23.6. The van der Waals surface area contributed by atoms with Crippen LogP contribution in [0.2, 0.25) is 0 Å². The second-order valence-corrected chi connectivity index (χ2v) is 4.84. The van der Waals surface area contributed by atoms with Gasteiger partial charge in [0.2, 0.25) is 5.78 Å². The summed E-state index contributed by atoms with van der Waals surface area (Å²) < 4.78 is 15.2. The summed E-state index contributed by atoms with van der Waals surface area (Å²) in [5, 5.41) is 9.83. The van der Waals surface area contributed by atoms with Crippen LogP contribution in [0.25, 0.3) is 0 Å². The smallest absolute Gasteiger partial charge is 0.338 e. The predicted octanol–water partition coefficient (Wildman–Crippen LogP) is 2.84. The molecule has 0 saturated carbocycles. The third-order valence-corrected chi connectivity index (χ3v) is 3.24. The van der Waals surface area contributed by atoms with E-state index >= 15 is 0 Å². The Morgan fingerprint density at radius 1 is 1.04 bits per heavy atom. The van der Waals surface area contributed by atoms with Gasteiger partial charge in [-0.05, 0) is 43.3 Å². The first-order chi connectivity index (χ1) is 11.5. The second-order valence-electron chi connectivity index (χ2n) is 4.84. The molecule has 2 aromatic rings. The minimum atomic E-state index is -0.414. The van der Waals surface area contributed by atoms with Crippen LogP contribution in [0.4, 0.5) is 0 Å². The molecule has 0 aliphatic heterocycles. The molecule has 0 aromatic heterocycles. The number of hydrogen-bond donors (Lipinski definition) is 1.